The summed E-state index contributed by atoms with van der Waals surface area (Å²) in [5.41, 5.74) is 4.28. The monoisotopic (exact) mass is 483 g/mol. The highest BCUT2D eigenvalue weighted by Gasteiger charge is 2.17. The summed E-state index contributed by atoms with van der Waals surface area (Å²) >= 11 is 12.3. The molecule has 2 aromatic heterocycles. The number of rotatable bonds is 7. The molecular weight excluding hydrogens is 461 g/mol. The van der Waals surface area contributed by atoms with E-state index in [1.54, 1.807) is 29.8 Å². The minimum Gasteiger partial charge on any atom is -0.496 e. The lowest BCUT2D eigenvalue weighted by Crippen LogP contribution is -2.23. The Kier molecular flexibility index (Phi) is 6.81. The largest absolute Gasteiger partial charge is 0.496 e. The van der Waals surface area contributed by atoms with Crippen LogP contribution < -0.4 is 10.1 Å². The van der Waals surface area contributed by atoms with Crippen LogP contribution in [0.5, 0.6) is 5.75 Å². The number of aryl methyl sites for hydroxylation is 2. The van der Waals surface area contributed by atoms with Gasteiger partial charge in [0.15, 0.2) is 5.82 Å². The number of ether oxygens (including phenoxy) is 1. The molecule has 1 N–H and O–H groups in total. The Hall–Kier alpha value is -3.16. The van der Waals surface area contributed by atoms with Crippen molar-refractivity contribution in [3.8, 4) is 17.1 Å². The standard InChI is InChI=1S/C24H23Cl2N5O2/c1-14-18(10-11-22(32)27-13-16-6-4-5-7-21(16)33-3)15(2)31-24(28-14)29-23(30-31)19-9-8-17(25)12-20(19)26/h4-9,12H,10-11,13H2,1-3H3,(H,27,32). The number of nitrogens with one attached hydrogen (secondary N) is 1. The molecular formula is C24H23Cl2N5O2. The smallest absolute Gasteiger partial charge is 0.253 e. The summed E-state index contributed by atoms with van der Waals surface area (Å²) < 4.78 is 7.03. The highest BCUT2D eigenvalue weighted by atomic mass is 35.5. The van der Waals surface area contributed by atoms with Crippen LogP contribution in [-0.4, -0.2) is 32.6 Å². The summed E-state index contributed by atoms with van der Waals surface area (Å²) in [5, 5.41) is 8.57. The van der Waals surface area contributed by atoms with Gasteiger partial charge in [-0.25, -0.2) is 9.50 Å². The first-order valence-electron chi connectivity index (χ1n) is 10.4. The second kappa shape index (κ2) is 9.77. The Morgan fingerprint density at radius 3 is 2.67 bits per heavy atom. The Balaban J connectivity index is 1.50. The molecule has 4 aromatic rings. The Bertz CT molecular complexity index is 1340. The van der Waals surface area contributed by atoms with E-state index in [9.17, 15) is 4.79 Å². The van der Waals surface area contributed by atoms with Gasteiger partial charge >= 0.3 is 0 Å². The van der Waals surface area contributed by atoms with Gasteiger partial charge in [0.25, 0.3) is 5.78 Å². The van der Waals surface area contributed by atoms with Crippen molar-refractivity contribution in [1.29, 1.82) is 0 Å². The second-order valence-corrected chi connectivity index (χ2v) is 8.46. The van der Waals surface area contributed by atoms with Crippen molar-refractivity contribution in [2.45, 2.75) is 33.2 Å². The van der Waals surface area contributed by atoms with Crippen LogP contribution in [0.1, 0.15) is 28.9 Å². The molecule has 7 nitrogen and oxygen atoms in total. The first-order chi connectivity index (χ1) is 15.9. The van der Waals surface area contributed by atoms with E-state index in [0.29, 0.717) is 46.6 Å². The molecule has 33 heavy (non-hydrogen) atoms. The van der Waals surface area contributed by atoms with Crippen LogP contribution in [0.15, 0.2) is 42.5 Å². The quantitative estimate of drug-likeness (QED) is 0.401. The number of carbonyl (C=O) groups excluding carboxylic acids is 1. The number of fused-ring (bicyclic) bond motifs is 1. The summed E-state index contributed by atoms with van der Waals surface area (Å²) in [4.78, 5) is 21.6. The van der Waals surface area contributed by atoms with Gasteiger partial charge in [0, 0.05) is 40.5 Å². The summed E-state index contributed by atoms with van der Waals surface area (Å²) in [5.74, 6) is 1.66. The molecule has 2 heterocycles. The third-order valence-corrected chi connectivity index (χ3v) is 6.04. The van der Waals surface area contributed by atoms with Crippen molar-refractivity contribution in [1.82, 2.24) is 24.9 Å². The third kappa shape index (κ3) is 4.94. The van der Waals surface area contributed by atoms with Gasteiger partial charge < -0.3 is 10.1 Å². The molecule has 0 bridgehead atoms. The molecule has 0 aliphatic heterocycles. The van der Waals surface area contributed by atoms with Gasteiger partial charge in [-0.1, -0.05) is 41.4 Å². The fraction of sp³-hybridized carbons (Fsp3) is 0.250. The summed E-state index contributed by atoms with van der Waals surface area (Å²) in [6, 6.07) is 12.8. The SMILES string of the molecule is COc1ccccc1CNC(=O)CCc1c(C)nc2nc(-c3ccc(Cl)cc3Cl)nn2c1C. The molecule has 0 spiro atoms. The zero-order valence-electron chi connectivity index (χ0n) is 18.5. The number of hydrogen-bond donors (Lipinski definition) is 1. The van der Waals surface area contributed by atoms with E-state index < -0.39 is 0 Å². The van der Waals surface area contributed by atoms with E-state index in [0.717, 1.165) is 28.3 Å². The van der Waals surface area contributed by atoms with E-state index in [2.05, 4.69) is 20.4 Å². The zero-order valence-corrected chi connectivity index (χ0v) is 20.0. The number of amides is 1. The van der Waals surface area contributed by atoms with Crippen LogP contribution in [0.2, 0.25) is 10.0 Å². The number of hydrogen-bond acceptors (Lipinski definition) is 5. The Morgan fingerprint density at radius 1 is 1.12 bits per heavy atom. The van der Waals surface area contributed by atoms with E-state index in [1.165, 1.54) is 0 Å². The maximum atomic E-state index is 12.5. The topological polar surface area (TPSA) is 81.4 Å². The second-order valence-electron chi connectivity index (χ2n) is 7.62. The number of para-hydroxylation sites is 1. The van der Waals surface area contributed by atoms with Gasteiger partial charge in [-0.15, -0.1) is 5.10 Å². The normalized spacial score (nSPS) is 11.1. The van der Waals surface area contributed by atoms with Crippen LogP contribution in [0, 0.1) is 13.8 Å². The van der Waals surface area contributed by atoms with Gasteiger partial charge in [0.1, 0.15) is 5.75 Å². The van der Waals surface area contributed by atoms with Crippen molar-refractivity contribution in [3.63, 3.8) is 0 Å². The van der Waals surface area contributed by atoms with Gasteiger partial charge in [-0.3, -0.25) is 4.79 Å². The molecule has 2 aromatic carbocycles. The molecule has 0 atom stereocenters. The predicted molar refractivity (Wildman–Crippen MR) is 129 cm³/mol. The third-order valence-electron chi connectivity index (χ3n) is 5.49. The summed E-state index contributed by atoms with van der Waals surface area (Å²) in [7, 11) is 1.62. The Labute approximate surface area is 201 Å². The van der Waals surface area contributed by atoms with Crippen LogP contribution in [0.4, 0.5) is 0 Å². The van der Waals surface area contributed by atoms with E-state index in [-0.39, 0.29) is 5.91 Å². The molecule has 1 amide bonds. The molecule has 0 saturated carbocycles. The highest BCUT2D eigenvalue weighted by molar-refractivity contribution is 6.36. The van der Waals surface area contributed by atoms with Gasteiger partial charge in [0.2, 0.25) is 5.91 Å². The van der Waals surface area contributed by atoms with E-state index in [4.69, 9.17) is 27.9 Å². The molecule has 170 valence electrons. The molecule has 9 heteroatoms. The molecule has 0 fully saturated rings. The molecule has 0 unspecified atom stereocenters. The number of benzene rings is 2. The van der Waals surface area contributed by atoms with Crippen LogP contribution in [0.3, 0.4) is 0 Å². The van der Waals surface area contributed by atoms with Crippen molar-refractivity contribution in [3.05, 3.63) is 75.0 Å². The fourth-order valence-corrected chi connectivity index (χ4v) is 4.22. The maximum Gasteiger partial charge on any atom is 0.253 e. The predicted octanol–water partition coefficient (Wildman–Crippen LogP) is 4.97. The fourth-order valence-electron chi connectivity index (χ4n) is 3.72. The minimum atomic E-state index is -0.0490. The van der Waals surface area contributed by atoms with Crippen LogP contribution >= 0.6 is 23.2 Å². The van der Waals surface area contributed by atoms with E-state index >= 15 is 0 Å². The van der Waals surface area contributed by atoms with Crippen molar-refractivity contribution in [2.24, 2.45) is 0 Å². The molecule has 4 rings (SSSR count). The molecule has 0 aliphatic carbocycles. The average Bonchev–Trinajstić information content (AvgIpc) is 3.21. The van der Waals surface area contributed by atoms with Crippen molar-refractivity contribution in [2.75, 3.05) is 7.11 Å². The molecule has 0 aliphatic rings. The first-order valence-corrected chi connectivity index (χ1v) is 11.2. The lowest BCUT2D eigenvalue weighted by atomic mass is 10.1. The number of halogens is 2. The molecule has 0 radical (unpaired) electrons. The van der Waals surface area contributed by atoms with Gasteiger partial charge in [-0.05, 0) is 50.1 Å². The summed E-state index contributed by atoms with van der Waals surface area (Å²) in [6.45, 7) is 4.27. The number of aromatic nitrogens is 4. The summed E-state index contributed by atoms with van der Waals surface area (Å²) in [6.07, 6.45) is 0.865. The van der Waals surface area contributed by atoms with Crippen LogP contribution in [0.25, 0.3) is 17.2 Å². The molecule has 0 saturated heterocycles. The van der Waals surface area contributed by atoms with Gasteiger partial charge in [-0.2, -0.15) is 4.98 Å². The van der Waals surface area contributed by atoms with Crippen molar-refractivity contribution < 1.29 is 9.53 Å². The first kappa shape index (κ1) is 23.0. The minimum absolute atomic E-state index is 0.0490. The number of methoxy groups -OCH3 is 1. The van der Waals surface area contributed by atoms with Crippen molar-refractivity contribution >= 4 is 34.9 Å². The maximum absolute atomic E-state index is 12.5. The van der Waals surface area contributed by atoms with Gasteiger partial charge in [0.05, 0.1) is 12.1 Å². The lowest BCUT2D eigenvalue weighted by Gasteiger charge is -2.11. The Morgan fingerprint density at radius 2 is 1.91 bits per heavy atom. The highest BCUT2D eigenvalue weighted by Crippen LogP contribution is 2.29. The zero-order chi connectivity index (χ0) is 23.5. The lowest BCUT2D eigenvalue weighted by molar-refractivity contribution is -0.121. The van der Waals surface area contributed by atoms with Crippen LogP contribution in [-0.2, 0) is 17.8 Å². The number of carbonyl (C=O) groups is 1. The number of nitrogens with zero attached hydrogens (tertiary/aromatic N) is 4. The average molecular weight is 484 g/mol. The van der Waals surface area contributed by atoms with E-state index in [1.807, 2.05) is 38.1 Å².